The number of piperidine rings is 1. The molecule has 0 unspecified atom stereocenters. The molecule has 1 saturated heterocycles. The van der Waals surface area contributed by atoms with Crippen LogP contribution in [0.4, 0.5) is 0 Å². The Labute approximate surface area is 135 Å². The van der Waals surface area contributed by atoms with Gasteiger partial charge in [0.05, 0.1) is 17.6 Å². The zero-order valence-corrected chi connectivity index (χ0v) is 13.8. The maximum atomic E-state index is 12.7. The molecule has 2 rings (SSSR count). The Morgan fingerprint density at radius 2 is 2.04 bits per heavy atom. The van der Waals surface area contributed by atoms with Crippen molar-refractivity contribution in [2.24, 2.45) is 0 Å². The van der Waals surface area contributed by atoms with Gasteiger partial charge in [-0.05, 0) is 30.5 Å². The van der Waals surface area contributed by atoms with Gasteiger partial charge in [0, 0.05) is 20.2 Å². The number of hydrogen-bond acceptors (Lipinski definition) is 5. The number of ether oxygens (including phenoxy) is 2. The molecular formula is C15H21NO6S. The van der Waals surface area contributed by atoms with E-state index in [0.29, 0.717) is 32.5 Å². The van der Waals surface area contributed by atoms with Crippen LogP contribution in [0, 0.1) is 0 Å². The number of benzene rings is 1. The average molecular weight is 343 g/mol. The van der Waals surface area contributed by atoms with Crippen LogP contribution in [0.3, 0.4) is 0 Å². The molecule has 23 heavy (non-hydrogen) atoms. The molecule has 0 amide bonds. The first kappa shape index (κ1) is 17.9. The van der Waals surface area contributed by atoms with Gasteiger partial charge in [-0.3, -0.25) is 0 Å². The van der Waals surface area contributed by atoms with E-state index in [1.54, 1.807) is 25.3 Å². The number of sulfonamides is 1. The summed E-state index contributed by atoms with van der Waals surface area (Å²) in [4.78, 5) is 10.7. The van der Waals surface area contributed by atoms with Gasteiger partial charge in [-0.25, -0.2) is 13.2 Å². The maximum Gasteiger partial charge on any atom is 0.329 e. The SMILES string of the molecule is COCc1cccc(S(=O)(=O)N2CCC(OCC(=O)O)CC2)c1. The summed E-state index contributed by atoms with van der Waals surface area (Å²) in [5.41, 5.74) is 0.799. The van der Waals surface area contributed by atoms with E-state index in [1.807, 2.05) is 6.07 Å². The van der Waals surface area contributed by atoms with Crippen LogP contribution in [-0.4, -0.2) is 56.7 Å². The Morgan fingerprint density at radius 3 is 2.65 bits per heavy atom. The Morgan fingerprint density at radius 1 is 1.35 bits per heavy atom. The molecular weight excluding hydrogens is 322 g/mol. The van der Waals surface area contributed by atoms with Crippen molar-refractivity contribution in [3.63, 3.8) is 0 Å². The molecule has 128 valence electrons. The first-order valence-corrected chi connectivity index (χ1v) is 8.79. The van der Waals surface area contributed by atoms with E-state index in [9.17, 15) is 13.2 Å². The van der Waals surface area contributed by atoms with Crippen LogP contribution in [0.25, 0.3) is 0 Å². The fourth-order valence-electron chi connectivity index (χ4n) is 2.54. The number of carboxylic acid groups (broad SMARTS) is 1. The number of carboxylic acids is 1. The summed E-state index contributed by atoms with van der Waals surface area (Å²) in [6.07, 6.45) is 0.770. The third-order valence-corrected chi connectivity index (χ3v) is 5.59. The summed E-state index contributed by atoms with van der Waals surface area (Å²) in [7, 11) is -1.99. The van der Waals surface area contributed by atoms with E-state index in [4.69, 9.17) is 14.6 Å². The topological polar surface area (TPSA) is 93.1 Å². The number of nitrogens with zero attached hydrogens (tertiary/aromatic N) is 1. The highest BCUT2D eigenvalue weighted by atomic mass is 32.2. The van der Waals surface area contributed by atoms with Crippen molar-refractivity contribution in [2.45, 2.75) is 30.4 Å². The van der Waals surface area contributed by atoms with Crippen molar-refractivity contribution < 1.29 is 27.8 Å². The molecule has 1 aliphatic heterocycles. The first-order chi connectivity index (χ1) is 10.9. The highest BCUT2D eigenvalue weighted by Crippen LogP contribution is 2.23. The maximum absolute atomic E-state index is 12.7. The van der Waals surface area contributed by atoms with E-state index in [2.05, 4.69) is 0 Å². The third-order valence-electron chi connectivity index (χ3n) is 3.69. The van der Waals surface area contributed by atoms with Crippen LogP contribution in [0.15, 0.2) is 29.2 Å². The van der Waals surface area contributed by atoms with E-state index in [-0.39, 0.29) is 17.6 Å². The van der Waals surface area contributed by atoms with Gasteiger partial charge in [0.25, 0.3) is 0 Å². The van der Waals surface area contributed by atoms with E-state index in [0.717, 1.165) is 5.56 Å². The lowest BCUT2D eigenvalue weighted by molar-refractivity contribution is -0.145. The van der Waals surface area contributed by atoms with Crippen molar-refractivity contribution in [3.05, 3.63) is 29.8 Å². The molecule has 7 nitrogen and oxygen atoms in total. The standard InChI is InChI=1S/C15H21NO6S/c1-21-10-12-3-2-4-14(9-12)23(19,20)16-7-5-13(6-8-16)22-11-15(17)18/h2-4,9,13H,5-8,10-11H2,1H3,(H,17,18). The predicted octanol–water partition coefficient (Wildman–Crippen LogP) is 1.09. The van der Waals surface area contributed by atoms with E-state index in [1.165, 1.54) is 4.31 Å². The predicted molar refractivity (Wildman–Crippen MR) is 82.5 cm³/mol. The minimum Gasteiger partial charge on any atom is -0.480 e. The summed E-state index contributed by atoms with van der Waals surface area (Å²) >= 11 is 0. The van der Waals surface area contributed by atoms with Crippen molar-refractivity contribution in [3.8, 4) is 0 Å². The third kappa shape index (κ3) is 4.74. The van der Waals surface area contributed by atoms with Gasteiger partial charge < -0.3 is 14.6 Å². The summed E-state index contributed by atoms with van der Waals surface area (Å²) in [6.45, 7) is 0.646. The van der Waals surface area contributed by atoms with Crippen LogP contribution in [0.2, 0.25) is 0 Å². The van der Waals surface area contributed by atoms with Gasteiger partial charge in [-0.15, -0.1) is 0 Å². The Balaban J connectivity index is 2.01. The summed E-state index contributed by atoms with van der Waals surface area (Å²) in [5.74, 6) is -1.02. The van der Waals surface area contributed by atoms with Crippen molar-refractivity contribution in [2.75, 3.05) is 26.8 Å². The summed E-state index contributed by atoms with van der Waals surface area (Å²) < 4.78 is 37.0. The summed E-state index contributed by atoms with van der Waals surface area (Å²) in [5, 5.41) is 8.60. The first-order valence-electron chi connectivity index (χ1n) is 7.35. The molecule has 1 N–H and O–H groups in total. The highest BCUT2D eigenvalue weighted by molar-refractivity contribution is 7.89. The molecule has 0 atom stereocenters. The lowest BCUT2D eigenvalue weighted by Crippen LogP contribution is -2.41. The Bertz CT molecular complexity index is 637. The van der Waals surface area contributed by atoms with Gasteiger partial charge in [0.15, 0.2) is 0 Å². The lowest BCUT2D eigenvalue weighted by Gasteiger charge is -2.30. The van der Waals surface area contributed by atoms with Crippen molar-refractivity contribution in [1.29, 1.82) is 0 Å². The molecule has 0 radical (unpaired) electrons. The number of methoxy groups -OCH3 is 1. The molecule has 0 aliphatic carbocycles. The fourth-order valence-corrected chi connectivity index (χ4v) is 4.08. The van der Waals surface area contributed by atoms with Gasteiger partial charge in [0.1, 0.15) is 6.61 Å². The second-order valence-electron chi connectivity index (χ2n) is 5.39. The molecule has 1 fully saturated rings. The summed E-state index contributed by atoms with van der Waals surface area (Å²) in [6, 6.07) is 6.70. The number of rotatable bonds is 7. The second-order valence-corrected chi connectivity index (χ2v) is 7.33. The van der Waals surface area contributed by atoms with Gasteiger partial charge >= 0.3 is 5.97 Å². The molecule has 8 heteroatoms. The fraction of sp³-hybridized carbons (Fsp3) is 0.533. The minimum absolute atomic E-state index is 0.211. The van der Waals surface area contributed by atoms with Crippen molar-refractivity contribution >= 4 is 16.0 Å². The zero-order valence-electron chi connectivity index (χ0n) is 13.0. The number of hydrogen-bond donors (Lipinski definition) is 1. The van der Waals surface area contributed by atoms with Gasteiger partial charge in [0.2, 0.25) is 10.0 Å². The smallest absolute Gasteiger partial charge is 0.329 e. The second kappa shape index (κ2) is 7.87. The molecule has 0 aromatic heterocycles. The molecule has 0 spiro atoms. The van der Waals surface area contributed by atoms with Crippen LogP contribution in [-0.2, 0) is 30.9 Å². The molecule has 0 bridgehead atoms. The monoisotopic (exact) mass is 343 g/mol. The lowest BCUT2D eigenvalue weighted by atomic mass is 10.1. The van der Waals surface area contributed by atoms with Crippen LogP contribution < -0.4 is 0 Å². The largest absolute Gasteiger partial charge is 0.480 e. The number of aliphatic carboxylic acids is 1. The van der Waals surface area contributed by atoms with Gasteiger partial charge in [-0.2, -0.15) is 4.31 Å². The zero-order chi connectivity index (χ0) is 16.9. The molecule has 0 saturated carbocycles. The van der Waals surface area contributed by atoms with E-state index >= 15 is 0 Å². The normalized spacial score (nSPS) is 17.3. The molecule has 1 heterocycles. The highest BCUT2D eigenvalue weighted by Gasteiger charge is 2.30. The molecule has 1 aliphatic rings. The van der Waals surface area contributed by atoms with Gasteiger partial charge in [-0.1, -0.05) is 12.1 Å². The van der Waals surface area contributed by atoms with E-state index < -0.39 is 16.0 Å². The minimum atomic E-state index is -3.55. The van der Waals surface area contributed by atoms with Crippen LogP contribution in [0.1, 0.15) is 18.4 Å². The molecule has 1 aromatic rings. The Kier molecular flexibility index (Phi) is 6.11. The van der Waals surface area contributed by atoms with Crippen LogP contribution >= 0.6 is 0 Å². The van der Waals surface area contributed by atoms with Crippen molar-refractivity contribution in [1.82, 2.24) is 4.31 Å². The van der Waals surface area contributed by atoms with Crippen LogP contribution in [0.5, 0.6) is 0 Å². The molecule has 1 aromatic carbocycles. The number of carbonyl (C=O) groups is 1. The quantitative estimate of drug-likeness (QED) is 0.796. The average Bonchev–Trinajstić information content (AvgIpc) is 2.54. The Hall–Kier alpha value is -1.48.